The smallest absolute Gasteiger partial charge is 0.229 e. The number of carbonyl (C=O) groups is 2. The lowest BCUT2D eigenvalue weighted by molar-refractivity contribution is -0.122. The van der Waals surface area contributed by atoms with Gasteiger partial charge in [-0.2, -0.15) is 0 Å². The highest BCUT2D eigenvalue weighted by Crippen LogP contribution is 2.29. The molecule has 6 heteroatoms. The third-order valence-electron chi connectivity index (χ3n) is 4.82. The Kier molecular flexibility index (Phi) is 3.95. The number of nitrogens with one attached hydrogen (secondary N) is 1. The van der Waals surface area contributed by atoms with Gasteiger partial charge in [0.2, 0.25) is 11.8 Å². The minimum absolute atomic E-state index is 0.0743. The molecular weight excluding hydrogens is 333 g/mol. The molecule has 0 saturated carbocycles. The first kappa shape index (κ1) is 16.3. The van der Waals surface area contributed by atoms with Crippen LogP contribution in [0.3, 0.4) is 0 Å². The number of hydrogen-bond donors (Lipinski definition) is 1. The number of fused-ring (bicyclic) bond motifs is 1. The standard InChI is InChI=1S/C20H18FN3O2/c1-23-10-9-14-16(6-4-8-17(14)23)22-20(26)13-11-19(25)24(12-13)18-7-3-2-5-15(18)21/h2-10,13H,11-12H2,1H3,(H,22,26)/t13-/m0/s1. The molecule has 1 atom stereocenters. The summed E-state index contributed by atoms with van der Waals surface area (Å²) in [6, 6.07) is 13.7. The van der Waals surface area contributed by atoms with E-state index in [1.165, 1.54) is 11.0 Å². The van der Waals surface area contributed by atoms with E-state index in [0.717, 1.165) is 10.9 Å². The minimum atomic E-state index is -0.513. The molecule has 2 aromatic carbocycles. The second kappa shape index (κ2) is 6.29. The van der Waals surface area contributed by atoms with Gasteiger partial charge >= 0.3 is 0 Å². The molecule has 26 heavy (non-hydrogen) atoms. The van der Waals surface area contributed by atoms with Crippen LogP contribution in [0.15, 0.2) is 54.7 Å². The molecule has 1 fully saturated rings. The molecular formula is C20H18FN3O2. The number of aromatic nitrogens is 1. The fraction of sp³-hybridized carbons (Fsp3) is 0.200. The molecule has 1 aliphatic rings. The largest absolute Gasteiger partial charge is 0.350 e. The zero-order valence-electron chi connectivity index (χ0n) is 14.3. The molecule has 4 rings (SSSR count). The van der Waals surface area contributed by atoms with Crippen molar-refractivity contribution in [2.75, 3.05) is 16.8 Å². The molecule has 5 nitrogen and oxygen atoms in total. The van der Waals surface area contributed by atoms with Crippen molar-refractivity contribution >= 4 is 34.1 Å². The van der Waals surface area contributed by atoms with Crippen LogP contribution in [0.1, 0.15) is 6.42 Å². The van der Waals surface area contributed by atoms with Gasteiger partial charge in [-0.3, -0.25) is 9.59 Å². The maximum Gasteiger partial charge on any atom is 0.229 e. The maximum absolute atomic E-state index is 14.0. The summed E-state index contributed by atoms with van der Waals surface area (Å²) in [7, 11) is 1.94. The average Bonchev–Trinajstić information content (AvgIpc) is 3.20. The Morgan fingerprint density at radius 2 is 1.96 bits per heavy atom. The minimum Gasteiger partial charge on any atom is -0.350 e. The number of hydrogen-bond acceptors (Lipinski definition) is 2. The number of rotatable bonds is 3. The number of nitrogens with zero attached hydrogens (tertiary/aromatic N) is 2. The van der Waals surface area contributed by atoms with Crippen LogP contribution >= 0.6 is 0 Å². The lowest BCUT2D eigenvalue weighted by atomic mass is 10.1. The molecule has 1 aromatic heterocycles. The van der Waals surface area contributed by atoms with Crippen molar-refractivity contribution in [2.45, 2.75) is 6.42 Å². The monoisotopic (exact) mass is 351 g/mol. The summed E-state index contributed by atoms with van der Waals surface area (Å²) in [4.78, 5) is 26.3. The second-order valence-corrected chi connectivity index (χ2v) is 6.51. The van der Waals surface area contributed by atoms with Crippen molar-refractivity contribution in [3.8, 4) is 0 Å². The summed E-state index contributed by atoms with van der Waals surface area (Å²) in [5, 5.41) is 3.87. The number of para-hydroxylation sites is 1. The molecule has 3 aromatic rings. The van der Waals surface area contributed by atoms with E-state index >= 15 is 0 Å². The lowest BCUT2D eigenvalue weighted by Crippen LogP contribution is -2.28. The molecule has 0 spiro atoms. The van der Waals surface area contributed by atoms with E-state index in [9.17, 15) is 14.0 Å². The van der Waals surface area contributed by atoms with Crippen molar-refractivity contribution < 1.29 is 14.0 Å². The van der Waals surface area contributed by atoms with Crippen molar-refractivity contribution in [3.05, 3.63) is 60.5 Å². The van der Waals surface area contributed by atoms with Crippen LogP contribution in [0.4, 0.5) is 15.8 Å². The van der Waals surface area contributed by atoms with Crippen molar-refractivity contribution in [2.24, 2.45) is 13.0 Å². The fourth-order valence-electron chi connectivity index (χ4n) is 3.43. The Balaban J connectivity index is 1.54. The highest BCUT2D eigenvalue weighted by atomic mass is 19.1. The third kappa shape index (κ3) is 2.73. The summed E-state index contributed by atoms with van der Waals surface area (Å²) in [5.74, 6) is -1.45. The summed E-state index contributed by atoms with van der Waals surface area (Å²) >= 11 is 0. The van der Waals surface area contributed by atoms with Crippen LogP contribution in [-0.4, -0.2) is 22.9 Å². The number of aryl methyl sites for hydroxylation is 1. The molecule has 1 N–H and O–H groups in total. The Morgan fingerprint density at radius 1 is 1.15 bits per heavy atom. The van der Waals surface area contributed by atoms with Gasteiger partial charge in [-0.05, 0) is 30.3 Å². The maximum atomic E-state index is 14.0. The van der Waals surface area contributed by atoms with Gasteiger partial charge in [0, 0.05) is 37.1 Å². The van der Waals surface area contributed by atoms with Gasteiger partial charge in [-0.25, -0.2) is 4.39 Å². The van der Waals surface area contributed by atoms with Gasteiger partial charge in [0.25, 0.3) is 0 Å². The number of benzene rings is 2. The third-order valence-corrected chi connectivity index (χ3v) is 4.82. The SMILES string of the molecule is Cn1ccc2c(NC(=O)[C@H]3CC(=O)N(c4ccccc4F)C3)cccc21. The van der Waals surface area contributed by atoms with E-state index in [4.69, 9.17) is 0 Å². The van der Waals surface area contributed by atoms with E-state index < -0.39 is 11.7 Å². The van der Waals surface area contributed by atoms with E-state index in [0.29, 0.717) is 5.69 Å². The fourth-order valence-corrected chi connectivity index (χ4v) is 3.43. The highest BCUT2D eigenvalue weighted by Gasteiger charge is 2.36. The first-order chi connectivity index (χ1) is 12.5. The normalized spacial score (nSPS) is 17.1. The Morgan fingerprint density at radius 3 is 2.77 bits per heavy atom. The van der Waals surface area contributed by atoms with E-state index in [1.54, 1.807) is 18.2 Å². The van der Waals surface area contributed by atoms with Crippen LogP contribution in [0, 0.1) is 11.7 Å². The van der Waals surface area contributed by atoms with Gasteiger partial charge < -0.3 is 14.8 Å². The van der Waals surface area contributed by atoms with Gasteiger partial charge in [0.05, 0.1) is 17.3 Å². The molecule has 132 valence electrons. The summed E-state index contributed by atoms with van der Waals surface area (Å²) < 4.78 is 15.9. The van der Waals surface area contributed by atoms with Gasteiger partial charge in [-0.1, -0.05) is 18.2 Å². The topological polar surface area (TPSA) is 54.3 Å². The summed E-state index contributed by atoms with van der Waals surface area (Å²) in [6.07, 6.45) is 2.00. The summed E-state index contributed by atoms with van der Waals surface area (Å²) in [5.41, 5.74) is 1.95. The van der Waals surface area contributed by atoms with E-state index in [2.05, 4.69) is 5.32 Å². The highest BCUT2D eigenvalue weighted by molar-refractivity contribution is 6.06. The van der Waals surface area contributed by atoms with Crippen molar-refractivity contribution in [1.29, 1.82) is 0 Å². The Labute approximate surface area is 150 Å². The molecule has 0 unspecified atom stereocenters. The van der Waals surface area contributed by atoms with Crippen molar-refractivity contribution in [3.63, 3.8) is 0 Å². The molecule has 1 aliphatic heterocycles. The van der Waals surface area contributed by atoms with E-state index in [1.807, 2.05) is 42.1 Å². The lowest BCUT2D eigenvalue weighted by Gasteiger charge is -2.17. The molecule has 0 aliphatic carbocycles. The number of carbonyl (C=O) groups excluding carboxylic acids is 2. The number of halogens is 1. The first-order valence-corrected chi connectivity index (χ1v) is 8.44. The zero-order valence-corrected chi connectivity index (χ0v) is 14.3. The Hall–Kier alpha value is -3.15. The molecule has 2 amide bonds. The van der Waals surface area contributed by atoms with Crippen LogP contribution < -0.4 is 10.2 Å². The van der Waals surface area contributed by atoms with Crippen molar-refractivity contribution in [1.82, 2.24) is 4.57 Å². The molecule has 0 bridgehead atoms. The van der Waals surface area contributed by atoms with Gasteiger partial charge in [0.1, 0.15) is 5.82 Å². The second-order valence-electron chi connectivity index (χ2n) is 6.51. The van der Waals surface area contributed by atoms with Crippen LogP contribution in [0.25, 0.3) is 10.9 Å². The van der Waals surface area contributed by atoms with E-state index in [-0.39, 0.29) is 30.5 Å². The molecule has 0 radical (unpaired) electrons. The van der Waals surface area contributed by atoms with Crippen LogP contribution in [-0.2, 0) is 16.6 Å². The number of amides is 2. The summed E-state index contributed by atoms with van der Waals surface area (Å²) in [6.45, 7) is 0.177. The predicted octanol–water partition coefficient (Wildman–Crippen LogP) is 3.31. The van der Waals surface area contributed by atoms with Gasteiger partial charge in [-0.15, -0.1) is 0 Å². The molecule has 2 heterocycles. The van der Waals surface area contributed by atoms with Crippen LogP contribution in [0.5, 0.6) is 0 Å². The van der Waals surface area contributed by atoms with Crippen LogP contribution in [0.2, 0.25) is 0 Å². The average molecular weight is 351 g/mol. The number of anilines is 2. The van der Waals surface area contributed by atoms with Gasteiger partial charge in [0.15, 0.2) is 0 Å². The predicted molar refractivity (Wildman–Crippen MR) is 98.4 cm³/mol. The Bertz CT molecular complexity index is 1010. The first-order valence-electron chi connectivity index (χ1n) is 8.44. The zero-order chi connectivity index (χ0) is 18.3. The quantitative estimate of drug-likeness (QED) is 0.787. The molecule has 1 saturated heterocycles.